The summed E-state index contributed by atoms with van der Waals surface area (Å²) in [6.45, 7) is 0.598. The molecule has 0 unspecified atom stereocenters. The molecule has 0 saturated heterocycles. The summed E-state index contributed by atoms with van der Waals surface area (Å²) in [5, 5.41) is 14.7. The smallest absolute Gasteiger partial charge is 0.330 e. The van der Waals surface area contributed by atoms with E-state index in [0.29, 0.717) is 13.0 Å². The van der Waals surface area contributed by atoms with E-state index in [2.05, 4.69) is 10.1 Å². The lowest BCUT2D eigenvalue weighted by molar-refractivity contribution is -0.385. The first-order chi connectivity index (χ1) is 16.3. The van der Waals surface area contributed by atoms with Crippen LogP contribution in [-0.2, 0) is 22.6 Å². The van der Waals surface area contributed by atoms with Crippen LogP contribution in [0.25, 0.3) is 0 Å². The number of benzene rings is 1. The molecule has 3 N–H and O–H groups in total. The van der Waals surface area contributed by atoms with Gasteiger partial charge >= 0.3 is 11.4 Å². The fourth-order valence-corrected chi connectivity index (χ4v) is 3.40. The maximum absolute atomic E-state index is 13.1. The van der Waals surface area contributed by atoms with Gasteiger partial charge < -0.3 is 15.4 Å². The lowest BCUT2D eigenvalue weighted by Gasteiger charge is -2.24. The monoisotopic (exact) mass is 471 g/mol. The van der Waals surface area contributed by atoms with Gasteiger partial charge in [-0.2, -0.15) is 5.10 Å². The van der Waals surface area contributed by atoms with E-state index in [1.807, 2.05) is 18.2 Å². The molecule has 13 nitrogen and oxygen atoms in total. The molecule has 2 aromatic heterocycles. The molecule has 0 bridgehead atoms. The predicted octanol–water partition coefficient (Wildman–Crippen LogP) is 0.732. The van der Waals surface area contributed by atoms with Crippen LogP contribution >= 0.6 is 0 Å². The molecule has 3 aromatic rings. The van der Waals surface area contributed by atoms with Crippen molar-refractivity contribution in [2.24, 2.45) is 0 Å². The SMILES string of the molecule is COCCCN(C(=O)CCn1cc([N+](=O)[O-])cn1)c1c(N)n(Cc2ccccc2)c(=O)[nH]c1=O. The van der Waals surface area contributed by atoms with E-state index in [1.54, 1.807) is 12.1 Å². The van der Waals surface area contributed by atoms with Gasteiger partial charge in [0.15, 0.2) is 5.69 Å². The lowest BCUT2D eigenvalue weighted by Crippen LogP contribution is -2.42. The van der Waals surface area contributed by atoms with Gasteiger partial charge in [0.2, 0.25) is 5.91 Å². The van der Waals surface area contributed by atoms with Crippen LogP contribution in [0.4, 0.5) is 17.2 Å². The fraction of sp³-hybridized carbons (Fsp3) is 0.333. The average molecular weight is 471 g/mol. The summed E-state index contributed by atoms with van der Waals surface area (Å²) in [4.78, 5) is 52.0. The van der Waals surface area contributed by atoms with Crippen LogP contribution in [0.2, 0.25) is 0 Å². The van der Waals surface area contributed by atoms with Crippen LogP contribution in [0.15, 0.2) is 52.3 Å². The molecule has 0 spiro atoms. The Labute approximate surface area is 193 Å². The van der Waals surface area contributed by atoms with Gasteiger partial charge in [-0.1, -0.05) is 30.3 Å². The van der Waals surface area contributed by atoms with Crippen molar-refractivity contribution in [1.29, 1.82) is 0 Å². The first-order valence-electron chi connectivity index (χ1n) is 10.4. The second-order valence-corrected chi connectivity index (χ2v) is 7.43. The average Bonchev–Trinajstić information content (AvgIpc) is 3.29. The van der Waals surface area contributed by atoms with Gasteiger partial charge in [0.1, 0.15) is 18.2 Å². The van der Waals surface area contributed by atoms with E-state index in [0.717, 1.165) is 11.8 Å². The molecule has 0 aliphatic carbocycles. The van der Waals surface area contributed by atoms with Gasteiger partial charge in [0.25, 0.3) is 5.56 Å². The molecule has 0 atom stereocenters. The fourth-order valence-electron chi connectivity index (χ4n) is 3.40. The molecule has 34 heavy (non-hydrogen) atoms. The van der Waals surface area contributed by atoms with Crippen LogP contribution < -0.4 is 21.9 Å². The van der Waals surface area contributed by atoms with Crippen LogP contribution in [-0.4, -0.2) is 50.4 Å². The molecule has 0 radical (unpaired) electrons. The highest BCUT2D eigenvalue weighted by Crippen LogP contribution is 2.19. The highest BCUT2D eigenvalue weighted by Gasteiger charge is 2.24. The number of aromatic nitrogens is 4. The van der Waals surface area contributed by atoms with E-state index in [1.165, 1.54) is 27.5 Å². The van der Waals surface area contributed by atoms with Crippen molar-refractivity contribution in [3.05, 3.63) is 79.2 Å². The topological polar surface area (TPSA) is 171 Å². The summed E-state index contributed by atoms with van der Waals surface area (Å²) >= 11 is 0. The highest BCUT2D eigenvalue weighted by molar-refractivity contribution is 5.95. The minimum Gasteiger partial charge on any atom is -0.385 e. The molecule has 1 aromatic carbocycles. The summed E-state index contributed by atoms with van der Waals surface area (Å²) in [6, 6.07) is 9.06. The Morgan fingerprint density at radius 3 is 2.68 bits per heavy atom. The number of nitrogens with one attached hydrogen (secondary N) is 1. The molecule has 2 heterocycles. The minimum absolute atomic E-state index is 0.0505. The van der Waals surface area contributed by atoms with Crippen LogP contribution in [0, 0.1) is 10.1 Å². The van der Waals surface area contributed by atoms with Crippen molar-refractivity contribution in [2.75, 3.05) is 30.9 Å². The normalized spacial score (nSPS) is 10.9. The maximum Gasteiger partial charge on any atom is 0.330 e. The first kappa shape index (κ1) is 24.4. The molecule has 13 heteroatoms. The van der Waals surface area contributed by atoms with Gasteiger partial charge in [0, 0.05) is 33.2 Å². The Hall–Kier alpha value is -4.26. The Balaban J connectivity index is 1.91. The quantitative estimate of drug-likeness (QED) is 0.234. The number of hydrogen-bond acceptors (Lipinski definition) is 8. The number of nitro groups is 1. The third-order valence-electron chi connectivity index (χ3n) is 5.08. The number of rotatable bonds is 11. The Morgan fingerprint density at radius 1 is 1.29 bits per heavy atom. The number of hydrogen-bond donors (Lipinski definition) is 2. The summed E-state index contributed by atoms with van der Waals surface area (Å²) in [5.74, 6) is -0.602. The number of methoxy groups -OCH3 is 1. The number of ether oxygens (including phenoxy) is 1. The van der Waals surface area contributed by atoms with Crippen molar-refractivity contribution in [2.45, 2.75) is 25.9 Å². The van der Waals surface area contributed by atoms with Gasteiger partial charge in [-0.15, -0.1) is 0 Å². The Morgan fingerprint density at radius 2 is 2.03 bits per heavy atom. The summed E-state index contributed by atoms with van der Waals surface area (Å²) in [6.07, 6.45) is 2.60. The molecular formula is C21H25N7O6. The van der Waals surface area contributed by atoms with Crippen molar-refractivity contribution < 1.29 is 14.5 Å². The number of aryl methyl sites for hydroxylation is 1. The van der Waals surface area contributed by atoms with E-state index < -0.39 is 22.1 Å². The van der Waals surface area contributed by atoms with Crippen molar-refractivity contribution in [3.8, 4) is 0 Å². The van der Waals surface area contributed by atoms with Crippen LogP contribution in [0.1, 0.15) is 18.4 Å². The number of H-pyrrole nitrogens is 1. The number of carbonyl (C=O) groups is 1. The third kappa shape index (κ3) is 5.75. The van der Waals surface area contributed by atoms with Crippen LogP contribution in [0.3, 0.4) is 0 Å². The van der Waals surface area contributed by atoms with Crippen molar-refractivity contribution >= 4 is 23.1 Å². The molecule has 1 amide bonds. The molecular weight excluding hydrogens is 446 g/mol. The zero-order chi connectivity index (χ0) is 24.7. The summed E-state index contributed by atoms with van der Waals surface area (Å²) in [7, 11) is 1.51. The minimum atomic E-state index is -0.785. The third-order valence-corrected chi connectivity index (χ3v) is 5.08. The Kier molecular flexibility index (Phi) is 7.92. The van der Waals surface area contributed by atoms with Crippen LogP contribution in [0.5, 0.6) is 0 Å². The largest absolute Gasteiger partial charge is 0.385 e. The molecule has 0 aliphatic heterocycles. The molecule has 0 saturated carbocycles. The van der Waals surface area contributed by atoms with Crippen molar-refractivity contribution in [3.63, 3.8) is 0 Å². The van der Waals surface area contributed by atoms with E-state index in [9.17, 15) is 24.5 Å². The zero-order valence-electron chi connectivity index (χ0n) is 18.5. The predicted molar refractivity (Wildman–Crippen MR) is 124 cm³/mol. The number of nitrogens with two attached hydrogens (primary N) is 1. The number of aromatic amines is 1. The lowest BCUT2D eigenvalue weighted by atomic mass is 10.2. The van der Waals surface area contributed by atoms with E-state index >= 15 is 0 Å². The number of nitrogens with zero attached hydrogens (tertiary/aromatic N) is 5. The Bertz CT molecular complexity index is 1260. The van der Waals surface area contributed by atoms with Crippen molar-refractivity contribution in [1.82, 2.24) is 19.3 Å². The van der Waals surface area contributed by atoms with E-state index in [4.69, 9.17) is 10.5 Å². The maximum atomic E-state index is 13.1. The zero-order valence-corrected chi connectivity index (χ0v) is 18.5. The standard InChI is InChI=1S/C21H25N7O6/c1-34-11-5-9-26(17(29)8-10-25-14-16(12-23-25)28(32)33)18-19(22)27(21(31)24-20(18)30)13-15-6-3-2-4-7-15/h2-4,6-7,12,14H,5,8-11,13,22H2,1H3,(H,24,30,31). The van der Waals surface area contributed by atoms with Gasteiger partial charge in [-0.25, -0.2) is 4.79 Å². The highest BCUT2D eigenvalue weighted by atomic mass is 16.6. The second kappa shape index (κ2) is 11.0. The number of nitrogen functional groups attached to an aromatic ring is 1. The molecule has 0 aliphatic rings. The molecule has 0 fully saturated rings. The first-order valence-corrected chi connectivity index (χ1v) is 10.4. The van der Waals surface area contributed by atoms with Gasteiger partial charge in [-0.05, 0) is 12.0 Å². The summed E-state index contributed by atoms with van der Waals surface area (Å²) < 4.78 is 7.52. The number of amides is 1. The molecule has 3 rings (SSSR count). The summed E-state index contributed by atoms with van der Waals surface area (Å²) in [5.41, 5.74) is 5.22. The van der Waals surface area contributed by atoms with E-state index in [-0.39, 0.29) is 43.2 Å². The molecule has 180 valence electrons. The number of carbonyl (C=O) groups excluding carboxylic acids is 1. The van der Waals surface area contributed by atoms with Gasteiger partial charge in [0.05, 0.1) is 11.5 Å². The van der Waals surface area contributed by atoms with Gasteiger partial charge in [-0.3, -0.25) is 33.9 Å². The number of anilines is 2. The second-order valence-electron chi connectivity index (χ2n) is 7.43.